The second-order valence-electron chi connectivity index (χ2n) is 4.03. The molecule has 0 aromatic rings. The second kappa shape index (κ2) is 7.79. The van der Waals surface area contributed by atoms with Gasteiger partial charge in [0.15, 0.2) is 6.29 Å². The van der Waals surface area contributed by atoms with E-state index < -0.39 is 18.5 Å². The maximum atomic E-state index is 9.40. The molecule has 0 aromatic carbocycles. The smallest absolute Gasteiger partial charge is 0.177 e. The first-order valence-electron chi connectivity index (χ1n) is 6.02. The van der Waals surface area contributed by atoms with Gasteiger partial charge in [-0.15, -0.1) is 0 Å². The molecular formula is C12H22O4. The van der Waals surface area contributed by atoms with Crippen LogP contribution >= 0.6 is 0 Å². The third kappa shape index (κ3) is 4.61. The van der Waals surface area contributed by atoms with Gasteiger partial charge < -0.3 is 19.7 Å². The van der Waals surface area contributed by atoms with Gasteiger partial charge in [0.25, 0.3) is 0 Å². The molecular weight excluding hydrogens is 208 g/mol. The largest absolute Gasteiger partial charge is 0.394 e. The van der Waals surface area contributed by atoms with Gasteiger partial charge >= 0.3 is 0 Å². The molecule has 0 amide bonds. The van der Waals surface area contributed by atoms with Crippen molar-refractivity contribution in [2.45, 2.75) is 51.1 Å². The fourth-order valence-corrected chi connectivity index (χ4v) is 1.60. The monoisotopic (exact) mass is 230 g/mol. The molecule has 0 spiro atoms. The Balaban J connectivity index is 2.15. The summed E-state index contributed by atoms with van der Waals surface area (Å²) >= 11 is 0. The van der Waals surface area contributed by atoms with Gasteiger partial charge in [0.05, 0.1) is 13.2 Å². The van der Waals surface area contributed by atoms with E-state index in [0.29, 0.717) is 6.61 Å². The van der Waals surface area contributed by atoms with Gasteiger partial charge in [-0.1, -0.05) is 32.3 Å². The lowest BCUT2D eigenvalue weighted by molar-refractivity contribution is -0.180. The Morgan fingerprint density at radius 1 is 1.25 bits per heavy atom. The van der Waals surface area contributed by atoms with Crippen LogP contribution in [0.15, 0.2) is 12.2 Å². The second-order valence-corrected chi connectivity index (χ2v) is 4.03. The minimum atomic E-state index is -0.732. The van der Waals surface area contributed by atoms with Crippen LogP contribution in [-0.4, -0.2) is 41.9 Å². The highest BCUT2D eigenvalue weighted by atomic mass is 16.7. The van der Waals surface area contributed by atoms with Gasteiger partial charge in [0.1, 0.15) is 12.2 Å². The zero-order valence-electron chi connectivity index (χ0n) is 9.84. The van der Waals surface area contributed by atoms with E-state index in [1.807, 2.05) is 0 Å². The predicted octanol–water partition coefficient (Wildman–Crippen LogP) is 1.22. The lowest BCUT2D eigenvalue weighted by Gasteiger charge is -2.28. The van der Waals surface area contributed by atoms with E-state index in [2.05, 4.69) is 6.92 Å². The summed E-state index contributed by atoms with van der Waals surface area (Å²) in [5.74, 6) is 0. The molecule has 0 aliphatic carbocycles. The Labute approximate surface area is 96.9 Å². The summed E-state index contributed by atoms with van der Waals surface area (Å²) in [6.07, 6.45) is 6.20. The summed E-state index contributed by atoms with van der Waals surface area (Å²) in [6.45, 7) is 2.63. The summed E-state index contributed by atoms with van der Waals surface area (Å²) in [7, 11) is 0. The Bertz CT molecular complexity index is 205. The Morgan fingerprint density at radius 2 is 2.06 bits per heavy atom. The molecule has 1 rings (SSSR count). The molecule has 0 saturated carbocycles. The van der Waals surface area contributed by atoms with Crippen molar-refractivity contribution < 1.29 is 19.7 Å². The highest BCUT2D eigenvalue weighted by Gasteiger charge is 2.24. The minimum absolute atomic E-state index is 0.193. The van der Waals surface area contributed by atoms with Crippen LogP contribution in [0.2, 0.25) is 0 Å². The summed E-state index contributed by atoms with van der Waals surface area (Å²) in [4.78, 5) is 0. The maximum Gasteiger partial charge on any atom is 0.177 e. The molecule has 3 atom stereocenters. The van der Waals surface area contributed by atoms with Crippen molar-refractivity contribution in [3.8, 4) is 0 Å². The Kier molecular flexibility index (Phi) is 6.64. The maximum absolute atomic E-state index is 9.40. The van der Waals surface area contributed by atoms with Gasteiger partial charge in [0.2, 0.25) is 0 Å². The van der Waals surface area contributed by atoms with E-state index in [4.69, 9.17) is 14.6 Å². The topological polar surface area (TPSA) is 58.9 Å². The summed E-state index contributed by atoms with van der Waals surface area (Å²) < 4.78 is 10.8. The van der Waals surface area contributed by atoms with Gasteiger partial charge in [-0.3, -0.25) is 0 Å². The summed E-state index contributed by atoms with van der Waals surface area (Å²) in [6, 6.07) is 0. The molecule has 0 saturated heterocycles. The molecule has 16 heavy (non-hydrogen) atoms. The fourth-order valence-electron chi connectivity index (χ4n) is 1.60. The van der Waals surface area contributed by atoms with Crippen molar-refractivity contribution in [1.29, 1.82) is 0 Å². The van der Waals surface area contributed by atoms with Crippen molar-refractivity contribution in [2.75, 3.05) is 13.2 Å². The molecule has 1 aliphatic rings. The standard InChI is InChI=1S/C12H22O4/c1-2-3-4-5-8-15-12-7-6-10(14)11(9-13)16-12/h6-7,10-14H,2-5,8-9H2,1H3/t10-,11+,12-/m0/s1. The number of aliphatic hydroxyl groups is 2. The van der Waals surface area contributed by atoms with Gasteiger partial charge in [-0.25, -0.2) is 0 Å². The molecule has 0 radical (unpaired) electrons. The third-order valence-electron chi connectivity index (χ3n) is 2.62. The third-order valence-corrected chi connectivity index (χ3v) is 2.62. The quantitative estimate of drug-likeness (QED) is 0.510. The van der Waals surface area contributed by atoms with Crippen LogP contribution in [0.4, 0.5) is 0 Å². The van der Waals surface area contributed by atoms with Gasteiger partial charge in [-0.2, -0.15) is 0 Å². The molecule has 2 N–H and O–H groups in total. The normalized spacial score (nSPS) is 29.6. The zero-order valence-corrected chi connectivity index (χ0v) is 9.84. The van der Waals surface area contributed by atoms with Crippen molar-refractivity contribution in [3.63, 3.8) is 0 Å². The molecule has 1 aliphatic heterocycles. The van der Waals surface area contributed by atoms with Crippen LogP contribution in [-0.2, 0) is 9.47 Å². The average Bonchev–Trinajstić information content (AvgIpc) is 2.31. The van der Waals surface area contributed by atoms with E-state index in [-0.39, 0.29) is 6.61 Å². The molecule has 0 unspecified atom stereocenters. The van der Waals surface area contributed by atoms with Crippen molar-refractivity contribution >= 4 is 0 Å². The fraction of sp³-hybridized carbons (Fsp3) is 0.833. The number of rotatable bonds is 7. The first kappa shape index (κ1) is 13.6. The molecule has 94 valence electrons. The lowest BCUT2D eigenvalue weighted by Crippen LogP contribution is -2.38. The molecule has 1 heterocycles. The van der Waals surface area contributed by atoms with E-state index in [0.717, 1.165) is 6.42 Å². The van der Waals surface area contributed by atoms with Crippen LogP contribution in [0.3, 0.4) is 0 Å². The van der Waals surface area contributed by atoms with Crippen molar-refractivity contribution in [1.82, 2.24) is 0 Å². The molecule has 4 heteroatoms. The molecule has 0 fully saturated rings. The van der Waals surface area contributed by atoms with E-state index in [1.165, 1.54) is 19.3 Å². The van der Waals surface area contributed by atoms with E-state index in [1.54, 1.807) is 12.2 Å². The Morgan fingerprint density at radius 3 is 2.75 bits per heavy atom. The number of aliphatic hydroxyl groups excluding tert-OH is 2. The SMILES string of the molecule is CCCCCCO[C@@H]1C=C[C@H](O)[C@@H](CO)O1. The number of unbranched alkanes of at least 4 members (excludes halogenated alkanes) is 3. The van der Waals surface area contributed by atoms with Crippen LogP contribution in [0.25, 0.3) is 0 Å². The first-order valence-corrected chi connectivity index (χ1v) is 6.02. The van der Waals surface area contributed by atoms with Crippen LogP contribution in [0, 0.1) is 0 Å². The highest BCUT2D eigenvalue weighted by Crippen LogP contribution is 2.14. The molecule has 0 aromatic heterocycles. The molecule has 4 nitrogen and oxygen atoms in total. The van der Waals surface area contributed by atoms with Crippen molar-refractivity contribution in [3.05, 3.63) is 12.2 Å². The van der Waals surface area contributed by atoms with Crippen molar-refractivity contribution in [2.24, 2.45) is 0 Å². The predicted molar refractivity (Wildman–Crippen MR) is 61.0 cm³/mol. The molecule has 0 bridgehead atoms. The zero-order chi connectivity index (χ0) is 11.8. The summed E-state index contributed by atoms with van der Waals surface area (Å²) in [5.41, 5.74) is 0. The first-order chi connectivity index (χ1) is 7.77. The van der Waals surface area contributed by atoms with Gasteiger partial charge in [-0.05, 0) is 12.5 Å². The average molecular weight is 230 g/mol. The Hall–Kier alpha value is -0.420. The van der Waals surface area contributed by atoms with E-state index in [9.17, 15) is 5.11 Å². The lowest BCUT2D eigenvalue weighted by atomic mass is 10.1. The highest BCUT2D eigenvalue weighted by molar-refractivity contribution is 4.99. The number of ether oxygens (including phenoxy) is 2. The van der Waals surface area contributed by atoms with E-state index >= 15 is 0 Å². The number of hydrogen-bond acceptors (Lipinski definition) is 4. The number of hydrogen-bond donors (Lipinski definition) is 2. The van der Waals surface area contributed by atoms with Gasteiger partial charge in [0, 0.05) is 0 Å². The van der Waals surface area contributed by atoms with Crippen LogP contribution in [0.1, 0.15) is 32.6 Å². The summed E-state index contributed by atoms with van der Waals surface area (Å²) in [5, 5.41) is 18.3. The van der Waals surface area contributed by atoms with Crippen LogP contribution in [0.5, 0.6) is 0 Å². The van der Waals surface area contributed by atoms with Crippen LogP contribution < -0.4 is 0 Å². The minimum Gasteiger partial charge on any atom is -0.394 e.